The highest BCUT2D eigenvalue weighted by atomic mass is 32.2. The molecule has 3 aromatic heterocycles. The van der Waals surface area contributed by atoms with Crippen molar-refractivity contribution in [1.29, 1.82) is 0 Å². The molecular weight excluding hydrogens is 430 g/mol. The summed E-state index contributed by atoms with van der Waals surface area (Å²) >= 11 is 0. The van der Waals surface area contributed by atoms with Crippen molar-refractivity contribution in [2.24, 2.45) is 0 Å². The Labute approximate surface area is 184 Å². The Morgan fingerprint density at radius 2 is 1.66 bits per heavy atom. The molecule has 0 radical (unpaired) electrons. The molecule has 0 aliphatic rings. The molecule has 0 atom stereocenters. The highest BCUT2D eigenvalue weighted by Gasteiger charge is 2.20. The van der Waals surface area contributed by atoms with E-state index in [9.17, 15) is 13.2 Å². The average molecular weight is 449 g/mol. The molecule has 1 amide bonds. The first-order chi connectivity index (χ1) is 15.2. The Morgan fingerprint density at radius 1 is 0.938 bits per heavy atom. The first-order valence-electron chi connectivity index (χ1n) is 9.55. The number of nitrogens with zero attached hydrogens (tertiary/aromatic N) is 4. The summed E-state index contributed by atoms with van der Waals surface area (Å²) in [6.45, 7) is 3.90. The summed E-state index contributed by atoms with van der Waals surface area (Å²) in [5.41, 5.74) is 3.46. The molecular formula is C22H19N5O4S. The Morgan fingerprint density at radius 3 is 2.38 bits per heavy atom. The van der Waals surface area contributed by atoms with Gasteiger partial charge in [-0.15, -0.1) is 0 Å². The molecule has 9 nitrogen and oxygen atoms in total. The number of carbonyl (C=O) groups is 1. The first kappa shape index (κ1) is 21.3. The molecule has 1 aromatic carbocycles. The third kappa shape index (κ3) is 4.26. The highest BCUT2D eigenvalue weighted by Crippen LogP contribution is 2.25. The molecule has 0 aliphatic carbocycles. The highest BCUT2D eigenvalue weighted by molar-refractivity contribution is 7.90. The smallest absolute Gasteiger partial charge is 0.294 e. The van der Waals surface area contributed by atoms with Gasteiger partial charge in [0.15, 0.2) is 22.1 Å². The number of rotatable bonds is 5. The van der Waals surface area contributed by atoms with Gasteiger partial charge in [-0.3, -0.25) is 9.78 Å². The summed E-state index contributed by atoms with van der Waals surface area (Å²) in [7, 11) is -3.33. The molecule has 3 heterocycles. The number of sulfone groups is 1. The Hall–Kier alpha value is -3.92. The lowest BCUT2D eigenvalue weighted by molar-refractivity contribution is 0.0997. The number of aromatic nitrogens is 4. The van der Waals surface area contributed by atoms with Crippen molar-refractivity contribution in [3.05, 3.63) is 72.1 Å². The predicted molar refractivity (Wildman–Crippen MR) is 118 cm³/mol. The standard InChI is InChI=1S/C22H19N5O4S/c1-13-8-10-23-18(14(13)2)21-24-11-9-17(26-21)27-22(28)20-19(25-12-31-20)15-4-6-16(7-5-15)32(3,29)30/h4-12H,1-3H3,(H,24,26,27,28). The van der Waals surface area contributed by atoms with E-state index in [1.54, 1.807) is 24.4 Å². The number of carbonyl (C=O) groups excluding carboxylic acids is 1. The second-order valence-corrected chi connectivity index (χ2v) is 9.16. The van der Waals surface area contributed by atoms with Gasteiger partial charge in [0, 0.05) is 24.2 Å². The molecule has 0 saturated carbocycles. The van der Waals surface area contributed by atoms with E-state index >= 15 is 0 Å². The normalized spacial score (nSPS) is 11.3. The third-order valence-corrected chi connectivity index (χ3v) is 6.04. The van der Waals surface area contributed by atoms with Crippen LogP contribution in [0.4, 0.5) is 5.82 Å². The number of aryl methyl sites for hydroxylation is 1. The first-order valence-corrected chi connectivity index (χ1v) is 11.4. The van der Waals surface area contributed by atoms with Gasteiger partial charge in [-0.1, -0.05) is 12.1 Å². The summed E-state index contributed by atoms with van der Waals surface area (Å²) in [6.07, 6.45) is 5.50. The SMILES string of the molecule is Cc1ccnc(-c2nccc(NC(=O)c3ocnc3-c3ccc(S(C)(=O)=O)cc3)n2)c1C. The van der Waals surface area contributed by atoms with Gasteiger partial charge in [-0.25, -0.2) is 23.4 Å². The Kier molecular flexibility index (Phi) is 5.54. The van der Waals surface area contributed by atoms with E-state index in [4.69, 9.17) is 4.42 Å². The summed E-state index contributed by atoms with van der Waals surface area (Å²) in [5, 5.41) is 2.69. The average Bonchev–Trinajstić information content (AvgIpc) is 3.25. The summed E-state index contributed by atoms with van der Waals surface area (Å²) in [6, 6.07) is 9.51. The van der Waals surface area contributed by atoms with Crippen LogP contribution in [0.5, 0.6) is 0 Å². The van der Waals surface area contributed by atoms with Crippen LogP contribution in [0.1, 0.15) is 21.7 Å². The van der Waals surface area contributed by atoms with Gasteiger partial charge in [-0.05, 0) is 49.2 Å². The number of benzene rings is 1. The van der Waals surface area contributed by atoms with Crippen LogP contribution in [0.25, 0.3) is 22.8 Å². The lowest BCUT2D eigenvalue weighted by atomic mass is 10.1. The van der Waals surface area contributed by atoms with Crippen LogP contribution >= 0.6 is 0 Å². The molecule has 0 bridgehead atoms. The van der Waals surface area contributed by atoms with Crippen LogP contribution < -0.4 is 5.32 Å². The van der Waals surface area contributed by atoms with Gasteiger partial charge in [0.25, 0.3) is 5.91 Å². The fourth-order valence-corrected chi connectivity index (χ4v) is 3.68. The second-order valence-electron chi connectivity index (χ2n) is 7.15. The minimum absolute atomic E-state index is 0.0258. The van der Waals surface area contributed by atoms with Crippen molar-refractivity contribution in [2.45, 2.75) is 18.7 Å². The number of oxazole rings is 1. The number of amides is 1. The minimum Gasteiger partial charge on any atom is -0.438 e. The molecule has 1 N–H and O–H groups in total. The van der Waals surface area contributed by atoms with Gasteiger partial charge in [0.1, 0.15) is 17.2 Å². The maximum Gasteiger partial charge on any atom is 0.294 e. The van der Waals surface area contributed by atoms with Crippen LogP contribution in [0.3, 0.4) is 0 Å². The van der Waals surface area contributed by atoms with E-state index in [1.807, 2.05) is 19.9 Å². The maximum atomic E-state index is 12.8. The quantitative estimate of drug-likeness (QED) is 0.490. The van der Waals surface area contributed by atoms with E-state index in [1.165, 1.54) is 18.3 Å². The number of pyridine rings is 1. The van der Waals surface area contributed by atoms with E-state index in [0.717, 1.165) is 23.8 Å². The van der Waals surface area contributed by atoms with Crippen LogP contribution in [0.2, 0.25) is 0 Å². The molecule has 0 unspecified atom stereocenters. The minimum atomic E-state index is -3.33. The fourth-order valence-electron chi connectivity index (χ4n) is 3.05. The van der Waals surface area contributed by atoms with Gasteiger partial charge >= 0.3 is 0 Å². The Balaban J connectivity index is 1.60. The second kappa shape index (κ2) is 8.31. The summed E-state index contributed by atoms with van der Waals surface area (Å²) in [5.74, 6) is 0.0843. The van der Waals surface area contributed by atoms with Crippen LogP contribution in [0.15, 0.2) is 64.5 Å². The summed E-state index contributed by atoms with van der Waals surface area (Å²) < 4.78 is 28.6. The van der Waals surface area contributed by atoms with E-state index in [2.05, 4.69) is 25.3 Å². The number of hydrogen-bond donors (Lipinski definition) is 1. The maximum absolute atomic E-state index is 12.8. The largest absolute Gasteiger partial charge is 0.438 e. The topological polar surface area (TPSA) is 128 Å². The van der Waals surface area contributed by atoms with Crippen molar-refractivity contribution in [1.82, 2.24) is 19.9 Å². The zero-order valence-electron chi connectivity index (χ0n) is 17.5. The van der Waals surface area contributed by atoms with Gasteiger partial charge in [-0.2, -0.15) is 0 Å². The number of hydrogen-bond acceptors (Lipinski definition) is 8. The van der Waals surface area contributed by atoms with E-state index in [-0.39, 0.29) is 22.2 Å². The third-order valence-electron chi connectivity index (χ3n) is 4.91. The zero-order chi connectivity index (χ0) is 22.9. The zero-order valence-corrected chi connectivity index (χ0v) is 18.3. The number of nitrogens with one attached hydrogen (secondary N) is 1. The van der Waals surface area contributed by atoms with Crippen molar-refractivity contribution in [2.75, 3.05) is 11.6 Å². The van der Waals surface area contributed by atoms with Crippen LogP contribution in [0, 0.1) is 13.8 Å². The molecule has 162 valence electrons. The van der Waals surface area contributed by atoms with Gasteiger partial charge in [0.05, 0.1) is 4.90 Å². The molecule has 0 saturated heterocycles. The molecule has 4 aromatic rings. The lowest BCUT2D eigenvalue weighted by Crippen LogP contribution is -2.14. The van der Waals surface area contributed by atoms with Crippen molar-refractivity contribution < 1.29 is 17.6 Å². The monoisotopic (exact) mass is 449 g/mol. The van der Waals surface area contributed by atoms with Crippen LogP contribution in [-0.4, -0.2) is 40.5 Å². The van der Waals surface area contributed by atoms with E-state index in [0.29, 0.717) is 17.1 Å². The van der Waals surface area contributed by atoms with Crippen molar-refractivity contribution >= 4 is 21.6 Å². The molecule has 10 heteroatoms. The van der Waals surface area contributed by atoms with E-state index < -0.39 is 15.7 Å². The van der Waals surface area contributed by atoms with Gasteiger partial charge < -0.3 is 9.73 Å². The lowest BCUT2D eigenvalue weighted by Gasteiger charge is -2.08. The number of anilines is 1. The van der Waals surface area contributed by atoms with Crippen molar-refractivity contribution in [3.63, 3.8) is 0 Å². The molecule has 4 rings (SSSR count). The molecule has 0 aliphatic heterocycles. The summed E-state index contributed by atoms with van der Waals surface area (Å²) in [4.78, 5) is 30.1. The molecule has 32 heavy (non-hydrogen) atoms. The predicted octanol–water partition coefficient (Wildman–Crippen LogP) is 3.47. The van der Waals surface area contributed by atoms with Gasteiger partial charge in [0.2, 0.25) is 5.76 Å². The van der Waals surface area contributed by atoms with Crippen LogP contribution in [-0.2, 0) is 9.84 Å². The molecule has 0 spiro atoms. The Bertz CT molecular complexity index is 1410. The molecule has 0 fully saturated rings. The van der Waals surface area contributed by atoms with Crippen molar-refractivity contribution in [3.8, 4) is 22.8 Å². The fraction of sp³-hybridized carbons (Fsp3) is 0.136.